The quantitative estimate of drug-likeness (QED) is 0.484. The van der Waals surface area contributed by atoms with Crippen LogP contribution in [-0.4, -0.2) is 21.6 Å². The Balaban J connectivity index is 1.96. The molecule has 6 heteroatoms. The second-order valence-corrected chi connectivity index (χ2v) is 7.31. The van der Waals surface area contributed by atoms with Gasteiger partial charge < -0.3 is 15.0 Å². The number of carbonyl (C=O) groups excluding carboxylic acids is 1. The number of aromatic carboxylic acids is 1. The SMILES string of the molecule is CCCCCn1c(C(=O)Nc2ccc(Br)cc2C(=O)O)cc2ccccc21. The number of amides is 1. The summed E-state index contributed by atoms with van der Waals surface area (Å²) in [5.41, 5.74) is 1.87. The van der Waals surface area contributed by atoms with E-state index >= 15 is 0 Å². The predicted octanol–water partition coefficient (Wildman–Crippen LogP) is 5.54. The monoisotopic (exact) mass is 428 g/mol. The molecule has 0 unspecified atom stereocenters. The van der Waals surface area contributed by atoms with Gasteiger partial charge >= 0.3 is 5.97 Å². The molecule has 0 aliphatic rings. The lowest BCUT2D eigenvalue weighted by Gasteiger charge is -2.12. The van der Waals surface area contributed by atoms with Gasteiger partial charge in [0.1, 0.15) is 5.69 Å². The number of anilines is 1. The third-order valence-electron chi connectivity index (χ3n) is 4.49. The van der Waals surface area contributed by atoms with E-state index in [0.29, 0.717) is 10.2 Å². The zero-order valence-electron chi connectivity index (χ0n) is 15.0. The van der Waals surface area contributed by atoms with E-state index < -0.39 is 5.97 Å². The summed E-state index contributed by atoms with van der Waals surface area (Å²) in [7, 11) is 0. The highest BCUT2D eigenvalue weighted by molar-refractivity contribution is 9.10. The summed E-state index contributed by atoms with van der Waals surface area (Å²) < 4.78 is 2.66. The molecule has 2 aromatic carbocycles. The highest BCUT2D eigenvalue weighted by Crippen LogP contribution is 2.24. The number of para-hydroxylation sites is 1. The van der Waals surface area contributed by atoms with Crippen molar-refractivity contribution in [2.75, 3.05) is 5.32 Å². The van der Waals surface area contributed by atoms with Crippen LogP contribution in [0.4, 0.5) is 5.69 Å². The first kappa shape index (κ1) is 19.2. The van der Waals surface area contributed by atoms with Crippen LogP contribution in [0.15, 0.2) is 53.0 Å². The number of benzene rings is 2. The average molecular weight is 429 g/mol. The van der Waals surface area contributed by atoms with Crippen molar-refractivity contribution in [1.82, 2.24) is 4.57 Å². The van der Waals surface area contributed by atoms with Gasteiger partial charge in [0.15, 0.2) is 0 Å². The number of aromatic nitrogens is 1. The van der Waals surface area contributed by atoms with Gasteiger partial charge in [-0.1, -0.05) is 53.9 Å². The third kappa shape index (κ3) is 4.22. The van der Waals surface area contributed by atoms with Gasteiger partial charge in [0, 0.05) is 21.9 Å². The Morgan fingerprint density at radius 3 is 2.63 bits per heavy atom. The van der Waals surface area contributed by atoms with Crippen LogP contribution in [-0.2, 0) is 6.54 Å². The minimum atomic E-state index is -1.09. The third-order valence-corrected chi connectivity index (χ3v) is 4.98. The number of nitrogens with one attached hydrogen (secondary N) is 1. The summed E-state index contributed by atoms with van der Waals surface area (Å²) in [5.74, 6) is -1.40. The number of carboxylic acid groups (broad SMARTS) is 1. The molecule has 1 amide bonds. The highest BCUT2D eigenvalue weighted by atomic mass is 79.9. The molecule has 27 heavy (non-hydrogen) atoms. The molecule has 1 heterocycles. The molecule has 140 valence electrons. The molecule has 0 saturated carbocycles. The predicted molar refractivity (Wildman–Crippen MR) is 111 cm³/mol. The number of carbonyl (C=O) groups is 2. The Kier molecular flexibility index (Phi) is 5.96. The minimum Gasteiger partial charge on any atom is -0.478 e. The van der Waals surface area contributed by atoms with Crippen molar-refractivity contribution in [1.29, 1.82) is 0 Å². The van der Waals surface area contributed by atoms with Crippen molar-refractivity contribution in [3.8, 4) is 0 Å². The maximum absolute atomic E-state index is 13.0. The lowest BCUT2D eigenvalue weighted by atomic mass is 10.1. The van der Waals surface area contributed by atoms with E-state index in [1.807, 2.05) is 34.9 Å². The molecule has 2 N–H and O–H groups in total. The lowest BCUT2D eigenvalue weighted by Crippen LogP contribution is -2.19. The van der Waals surface area contributed by atoms with Crippen molar-refractivity contribution in [2.45, 2.75) is 32.7 Å². The molecule has 0 spiro atoms. The maximum Gasteiger partial charge on any atom is 0.337 e. The van der Waals surface area contributed by atoms with Crippen LogP contribution in [0.25, 0.3) is 10.9 Å². The van der Waals surface area contributed by atoms with Crippen LogP contribution in [0.1, 0.15) is 47.0 Å². The number of unbranched alkanes of at least 4 members (excludes halogenated alkanes) is 2. The van der Waals surface area contributed by atoms with Crippen LogP contribution in [0.2, 0.25) is 0 Å². The van der Waals surface area contributed by atoms with E-state index in [0.717, 1.165) is 36.7 Å². The normalized spacial score (nSPS) is 10.9. The molecule has 0 aliphatic carbocycles. The number of carboxylic acids is 1. The first-order chi connectivity index (χ1) is 13.0. The zero-order chi connectivity index (χ0) is 19.4. The van der Waals surface area contributed by atoms with Crippen LogP contribution in [0.5, 0.6) is 0 Å². The largest absolute Gasteiger partial charge is 0.478 e. The van der Waals surface area contributed by atoms with E-state index in [2.05, 4.69) is 28.2 Å². The summed E-state index contributed by atoms with van der Waals surface area (Å²) >= 11 is 3.27. The Morgan fingerprint density at radius 2 is 1.89 bits per heavy atom. The molecule has 0 bridgehead atoms. The van der Waals surface area contributed by atoms with Crippen LogP contribution in [0.3, 0.4) is 0 Å². The summed E-state index contributed by atoms with van der Waals surface area (Å²) in [4.78, 5) is 24.5. The van der Waals surface area contributed by atoms with Gasteiger partial charge in [-0.15, -0.1) is 0 Å². The Labute approximate surface area is 166 Å². The minimum absolute atomic E-state index is 0.0476. The number of fused-ring (bicyclic) bond motifs is 1. The molecular formula is C21H21BrN2O3. The second-order valence-electron chi connectivity index (χ2n) is 6.40. The van der Waals surface area contributed by atoms with Crippen molar-refractivity contribution in [3.63, 3.8) is 0 Å². The van der Waals surface area contributed by atoms with E-state index in [1.54, 1.807) is 12.1 Å². The van der Waals surface area contributed by atoms with Gasteiger partial charge in [-0.25, -0.2) is 4.79 Å². The summed E-state index contributed by atoms with van der Waals surface area (Å²) in [6.07, 6.45) is 3.17. The van der Waals surface area contributed by atoms with Gasteiger partial charge in [-0.3, -0.25) is 4.79 Å². The number of nitrogens with zero attached hydrogens (tertiary/aromatic N) is 1. The lowest BCUT2D eigenvalue weighted by molar-refractivity contribution is 0.0698. The van der Waals surface area contributed by atoms with Crippen molar-refractivity contribution >= 4 is 44.4 Å². The van der Waals surface area contributed by atoms with Crippen LogP contribution in [0, 0.1) is 0 Å². The molecule has 5 nitrogen and oxygen atoms in total. The number of hydrogen-bond acceptors (Lipinski definition) is 2. The molecule has 3 aromatic rings. The maximum atomic E-state index is 13.0. The molecular weight excluding hydrogens is 408 g/mol. The van der Waals surface area contributed by atoms with Crippen molar-refractivity contribution in [2.24, 2.45) is 0 Å². The fourth-order valence-corrected chi connectivity index (χ4v) is 3.51. The number of rotatable bonds is 7. The topological polar surface area (TPSA) is 71.3 Å². The first-order valence-electron chi connectivity index (χ1n) is 8.93. The van der Waals surface area contributed by atoms with E-state index in [4.69, 9.17) is 0 Å². The van der Waals surface area contributed by atoms with Gasteiger partial charge in [0.25, 0.3) is 5.91 Å². The van der Waals surface area contributed by atoms with Gasteiger partial charge in [-0.05, 0) is 36.8 Å². The van der Waals surface area contributed by atoms with Crippen LogP contribution < -0.4 is 5.32 Å². The van der Waals surface area contributed by atoms with Gasteiger partial charge in [0.05, 0.1) is 11.3 Å². The van der Waals surface area contributed by atoms with Crippen molar-refractivity contribution < 1.29 is 14.7 Å². The smallest absolute Gasteiger partial charge is 0.337 e. The average Bonchev–Trinajstić information content (AvgIpc) is 3.02. The van der Waals surface area contributed by atoms with E-state index in [1.165, 1.54) is 6.07 Å². The molecule has 0 radical (unpaired) electrons. The first-order valence-corrected chi connectivity index (χ1v) is 9.73. The molecule has 0 fully saturated rings. The molecule has 3 rings (SSSR count). The summed E-state index contributed by atoms with van der Waals surface area (Å²) in [5, 5.41) is 13.2. The second kappa shape index (κ2) is 8.39. The standard InChI is InChI=1S/C21H21BrN2O3/c1-2-3-6-11-24-18-8-5-4-7-14(18)12-19(24)20(25)23-17-10-9-15(22)13-16(17)21(26)27/h4-5,7-10,12-13H,2-3,6,11H2,1H3,(H,23,25)(H,26,27). The highest BCUT2D eigenvalue weighted by Gasteiger charge is 2.18. The fourth-order valence-electron chi connectivity index (χ4n) is 3.15. The van der Waals surface area contributed by atoms with Crippen LogP contribution >= 0.6 is 15.9 Å². The molecule has 1 aromatic heterocycles. The van der Waals surface area contributed by atoms with Crippen molar-refractivity contribution in [3.05, 3.63) is 64.3 Å². The van der Waals surface area contributed by atoms with E-state index in [9.17, 15) is 14.7 Å². The number of halogens is 1. The van der Waals surface area contributed by atoms with Gasteiger partial charge in [0.2, 0.25) is 0 Å². The number of hydrogen-bond donors (Lipinski definition) is 2. The molecule has 0 aliphatic heterocycles. The number of aryl methyl sites for hydroxylation is 1. The van der Waals surface area contributed by atoms with Gasteiger partial charge in [-0.2, -0.15) is 0 Å². The van der Waals surface area contributed by atoms with E-state index in [-0.39, 0.29) is 17.2 Å². The molecule has 0 saturated heterocycles. The summed E-state index contributed by atoms with van der Waals surface area (Å²) in [6.45, 7) is 2.89. The summed E-state index contributed by atoms with van der Waals surface area (Å²) in [6, 6.07) is 14.5. The zero-order valence-corrected chi connectivity index (χ0v) is 16.6. The Hall–Kier alpha value is -2.60. The molecule has 0 atom stereocenters. The Morgan fingerprint density at radius 1 is 1.11 bits per heavy atom. The Bertz CT molecular complexity index is 994. The fraction of sp³-hybridized carbons (Fsp3) is 0.238.